The molecule has 0 aliphatic carbocycles. The molecular weight excluding hydrogens is 292 g/mol. The highest BCUT2D eigenvalue weighted by atomic mass is 16.5. The first-order valence-electron chi connectivity index (χ1n) is 7.03. The van der Waals surface area contributed by atoms with Gasteiger partial charge < -0.3 is 15.2 Å². The van der Waals surface area contributed by atoms with E-state index in [-0.39, 0.29) is 17.9 Å². The van der Waals surface area contributed by atoms with Crippen LogP contribution < -0.4 is 5.32 Å². The van der Waals surface area contributed by atoms with Crippen molar-refractivity contribution in [2.75, 3.05) is 6.54 Å². The highest BCUT2D eigenvalue weighted by Gasteiger charge is 2.01. The molecule has 0 aliphatic heterocycles. The van der Waals surface area contributed by atoms with Crippen LogP contribution in [0.15, 0.2) is 54.6 Å². The molecule has 5 nitrogen and oxygen atoms in total. The van der Waals surface area contributed by atoms with Gasteiger partial charge in [0.15, 0.2) is 0 Å². The molecule has 5 heteroatoms. The summed E-state index contributed by atoms with van der Waals surface area (Å²) in [7, 11) is 0. The molecule has 0 fully saturated rings. The van der Waals surface area contributed by atoms with Crippen molar-refractivity contribution in [2.45, 2.75) is 6.61 Å². The van der Waals surface area contributed by atoms with Gasteiger partial charge in [0.25, 0.3) is 0 Å². The summed E-state index contributed by atoms with van der Waals surface area (Å²) in [5, 5.41) is 20.8. The normalized spacial score (nSPS) is 10.2. The number of rotatable bonds is 5. The fourth-order valence-corrected chi connectivity index (χ4v) is 1.86. The van der Waals surface area contributed by atoms with Crippen LogP contribution in [0.2, 0.25) is 0 Å². The molecular formula is C18H16N2O3. The van der Waals surface area contributed by atoms with Crippen LogP contribution in [-0.2, 0) is 11.3 Å². The van der Waals surface area contributed by atoms with Gasteiger partial charge in [0, 0.05) is 6.54 Å². The van der Waals surface area contributed by atoms with Gasteiger partial charge in [0.05, 0.1) is 5.56 Å². The van der Waals surface area contributed by atoms with E-state index in [9.17, 15) is 9.90 Å². The number of nitriles is 1. The molecule has 2 aromatic carbocycles. The number of alkyl carbamates (subject to hydrolysis) is 1. The van der Waals surface area contributed by atoms with Gasteiger partial charge in [-0.25, -0.2) is 4.79 Å². The SMILES string of the molecule is N#Cc1cc(C=CCNC(=O)OCc2ccccc2)ccc1O. The number of nitrogens with zero attached hydrogens (tertiary/aromatic N) is 1. The average molecular weight is 308 g/mol. The Morgan fingerprint density at radius 2 is 2.04 bits per heavy atom. The van der Waals surface area contributed by atoms with Crippen molar-refractivity contribution in [3.8, 4) is 11.8 Å². The Kier molecular flexibility index (Phi) is 5.78. The van der Waals surface area contributed by atoms with Gasteiger partial charge in [-0.3, -0.25) is 0 Å². The molecule has 0 heterocycles. The van der Waals surface area contributed by atoms with E-state index in [1.165, 1.54) is 6.07 Å². The van der Waals surface area contributed by atoms with Gasteiger partial charge in [-0.05, 0) is 23.3 Å². The highest BCUT2D eigenvalue weighted by molar-refractivity contribution is 5.67. The number of phenolic OH excluding ortho intramolecular Hbond substituents is 1. The monoisotopic (exact) mass is 308 g/mol. The predicted octanol–water partition coefficient (Wildman–Crippen LogP) is 3.20. The summed E-state index contributed by atoms with van der Waals surface area (Å²) < 4.78 is 5.07. The number of benzene rings is 2. The van der Waals surface area contributed by atoms with E-state index in [4.69, 9.17) is 10.00 Å². The number of carbonyl (C=O) groups is 1. The Balaban J connectivity index is 1.76. The molecule has 0 spiro atoms. The first kappa shape index (κ1) is 16.1. The molecule has 0 radical (unpaired) electrons. The maximum atomic E-state index is 11.5. The third-order valence-corrected chi connectivity index (χ3v) is 3.03. The topological polar surface area (TPSA) is 82.4 Å². The van der Waals surface area contributed by atoms with Gasteiger partial charge in [-0.2, -0.15) is 5.26 Å². The average Bonchev–Trinajstić information content (AvgIpc) is 2.59. The number of hydrogen-bond donors (Lipinski definition) is 2. The molecule has 0 bridgehead atoms. The zero-order valence-electron chi connectivity index (χ0n) is 12.4. The van der Waals surface area contributed by atoms with E-state index < -0.39 is 6.09 Å². The standard InChI is InChI=1S/C18H16N2O3/c19-12-16-11-14(8-9-17(16)21)7-4-10-20-18(22)23-13-15-5-2-1-3-6-15/h1-9,11,21H,10,13H2,(H,20,22). The van der Waals surface area contributed by atoms with Crippen LogP contribution in [-0.4, -0.2) is 17.7 Å². The van der Waals surface area contributed by atoms with Gasteiger partial charge in [-0.15, -0.1) is 0 Å². The molecule has 0 aromatic heterocycles. The summed E-state index contributed by atoms with van der Waals surface area (Å²) >= 11 is 0. The van der Waals surface area contributed by atoms with Crippen LogP contribution >= 0.6 is 0 Å². The van der Waals surface area contributed by atoms with E-state index >= 15 is 0 Å². The van der Waals surface area contributed by atoms with Crippen LogP contribution in [0.25, 0.3) is 6.08 Å². The number of nitrogens with one attached hydrogen (secondary N) is 1. The van der Waals surface area contributed by atoms with Crippen molar-refractivity contribution >= 4 is 12.2 Å². The summed E-state index contributed by atoms with van der Waals surface area (Å²) in [6.07, 6.45) is 2.98. The van der Waals surface area contributed by atoms with Crippen molar-refractivity contribution in [1.82, 2.24) is 5.32 Å². The van der Waals surface area contributed by atoms with Gasteiger partial charge in [0.2, 0.25) is 0 Å². The first-order chi connectivity index (χ1) is 11.2. The van der Waals surface area contributed by atoms with E-state index in [0.29, 0.717) is 6.54 Å². The molecule has 1 amide bonds. The zero-order valence-corrected chi connectivity index (χ0v) is 12.4. The Morgan fingerprint density at radius 3 is 2.78 bits per heavy atom. The lowest BCUT2D eigenvalue weighted by atomic mass is 10.1. The van der Waals surface area contributed by atoms with Crippen molar-refractivity contribution in [3.05, 3.63) is 71.3 Å². The molecule has 2 aromatic rings. The summed E-state index contributed by atoms with van der Waals surface area (Å²) in [6, 6.07) is 16.0. The highest BCUT2D eigenvalue weighted by Crippen LogP contribution is 2.17. The van der Waals surface area contributed by atoms with E-state index in [1.807, 2.05) is 36.4 Å². The van der Waals surface area contributed by atoms with Crippen LogP contribution in [0.4, 0.5) is 4.79 Å². The maximum Gasteiger partial charge on any atom is 0.407 e. The van der Waals surface area contributed by atoms with Gasteiger partial charge in [-0.1, -0.05) is 48.6 Å². The smallest absolute Gasteiger partial charge is 0.407 e. The summed E-state index contributed by atoms with van der Waals surface area (Å²) in [5.74, 6) is -0.0488. The van der Waals surface area contributed by atoms with Crippen molar-refractivity contribution in [3.63, 3.8) is 0 Å². The zero-order chi connectivity index (χ0) is 16.5. The molecule has 23 heavy (non-hydrogen) atoms. The quantitative estimate of drug-likeness (QED) is 0.888. The minimum absolute atomic E-state index is 0.0488. The third kappa shape index (κ3) is 5.21. The van der Waals surface area contributed by atoms with E-state index in [2.05, 4.69) is 5.32 Å². The number of ether oxygens (including phenoxy) is 1. The van der Waals surface area contributed by atoms with E-state index in [1.54, 1.807) is 24.3 Å². The summed E-state index contributed by atoms with van der Waals surface area (Å²) in [6.45, 7) is 0.524. The van der Waals surface area contributed by atoms with Crippen molar-refractivity contribution in [2.24, 2.45) is 0 Å². The van der Waals surface area contributed by atoms with Crippen LogP contribution in [0, 0.1) is 11.3 Å². The second-order valence-electron chi connectivity index (χ2n) is 4.73. The fourth-order valence-electron chi connectivity index (χ4n) is 1.86. The number of aromatic hydroxyl groups is 1. The molecule has 2 rings (SSSR count). The number of phenols is 1. The molecule has 0 atom stereocenters. The second kappa shape index (κ2) is 8.25. The molecule has 2 N–H and O–H groups in total. The van der Waals surface area contributed by atoms with Crippen molar-refractivity contribution in [1.29, 1.82) is 5.26 Å². The summed E-state index contributed by atoms with van der Waals surface area (Å²) in [4.78, 5) is 11.5. The van der Waals surface area contributed by atoms with Gasteiger partial charge in [0.1, 0.15) is 18.4 Å². The lowest BCUT2D eigenvalue weighted by molar-refractivity contribution is 0.141. The molecule has 0 saturated carbocycles. The number of hydrogen-bond acceptors (Lipinski definition) is 4. The minimum atomic E-state index is -0.498. The summed E-state index contributed by atoms with van der Waals surface area (Å²) in [5.41, 5.74) is 1.90. The van der Waals surface area contributed by atoms with Crippen LogP contribution in [0.1, 0.15) is 16.7 Å². The number of amides is 1. The molecule has 0 unspecified atom stereocenters. The Bertz CT molecular complexity index is 734. The largest absolute Gasteiger partial charge is 0.507 e. The lowest BCUT2D eigenvalue weighted by Crippen LogP contribution is -2.24. The molecule has 0 aliphatic rings. The third-order valence-electron chi connectivity index (χ3n) is 3.03. The lowest BCUT2D eigenvalue weighted by Gasteiger charge is -2.05. The Labute approximate surface area is 134 Å². The first-order valence-corrected chi connectivity index (χ1v) is 7.03. The number of carbonyl (C=O) groups excluding carboxylic acids is 1. The van der Waals surface area contributed by atoms with Crippen molar-refractivity contribution < 1.29 is 14.6 Å². The molecule has 116 valence electrons. The van der Waals surface area contributed by atoms with Gasteiger partial charge >= 0.3 is 6.09 Å². The fraction of sp³-hybridized carbons (Fsp3) is 0.111. The molecule has 0 saturated heterocycles. The predicted molar refractivity (Wildman–Crippen MR) is 86.5 cm³/mol. The Hall–Kier alpha value is -3.26. The maximum absolute atomic E-state index is 11.5. The Morgan fingerprint density at radius 1 is 1.26 bits per heavy atom. The minimum Gasteiger partial charge on any atom is -0.507 e. The van der Waals surface area contributed by atoms with Crippen LogP contribution in [0.5, 0.6) is 5.75 Å². The van der Waals surface area contributed by atoms with E-state index in [0.717, 1.165) is 11.1 Å². The van der Waals surface area contributed by atoms with Crippen LogP contribution in [0.3, 0.4) is 0 Å². The second-order valence-corrected chi connectivity index (χ2v) is 4.73.